The Morgan fingerprint density at radius 1 is 1.62 bits per heavy atom. The van der Waals surface area contributed by atoms with E-state index in [1.165, 1.54) is 27.6 Å². The van der Waals surface area contributed by atoms with Gasteiger partial charge in [0.15, 0.2) is 12.0 Å². The lowest BCUT2D eigenvalue weighted by atomic mass is 10.3. The van der Waals surface area contributed by atoms with Gasteiger partial charge in [0.2, 0.25) is 0 Å². The third kappa shape index (κ3) is 1.43. The van der Waals surface area contributed by atoms with Crippen LogP contribution in [0.2, 0.25) is 0 Å². The lowest BCUT2D eigenvalue weighted by Gasteiger charge is -1.93. The van der Waals surface area contributed by atoms with Crippen LogP contribution in [0.5, 0.6) is 0 Å². The molecule has 0 atom stereocenters. The van der Waals surface area contributed by atoms with Crippen molar-refractivity contribution in [2.45, 2.75) is 11.1 Å². The highest BCUT2D eigenvalue weighted by atomic mass is 32.2. The van der Waals surface area contributed by atoms with Crippen molar-refractivity contribution in [1.82, 2.24) is 9.61 Å². The number of rotatable bonds is 3. The molecule has 0 bridgehead atoms. The Morgan fingerprint density at radius 2 is 2.31 bits per heavy atom. The number of aromatic nitrogens is 2. The van der Waals surface area contributed by atoms with Gasteiger partial charge in [-0.05, 0) is 13.2 Å². The third-order valence-electron chi connectivity index (χ3n) is 2.16. The first kappa shape index (κ1) is 11.2. The van der Waals surface area contributed by atoms with Crippen LogP contribution < -0.4 is 0 Å². The van der Waals surface area contributed by atoms with Crippen molar-refractivity contribution in [3.05, 3.63) is 17.0 Å². The van der Waals surface area contributed by atoms with Gasteiger partial charge in [0, 0.05) is 0 Å². The van der Waals surface area contributed by atoms with Crippen LogP contribution in [-0.2, 0) is 0 Å². The van der Waals surface area contributed by atoms with E-state index in [-0.39, 0.29) is 5.69 Å². The summed E-state index contributed by atoms with van der Waals surface area (Å²) in [5, 5.41) is 13.2. The summed E-state index contributed by atoms with van der Waals surface area (Å²) in [5.74, 6) is -1.03. The van der Waals surface area contributed by atoms with Crippen molar-refractivity contribution >= 4 is 40.2 Å². The highest BCUT2D eigenvalue weighted by molar-refractivity contribution is 8.00. The van der Waals surface area contributed by atoms with Crippen LogP contribution in [0, 0.1) is 6.92 Å². The normalized spacial score (nSPS) is 10.9. The van der Waals surface area contributed by atoms with Crippen LogP contribution in [-0.4, -0.2) is 33.2 Å². The van der Waals surface area contributed by atoms with E-state index in [2.05, 4.69) is 5.10 Å². The van der Waals surface area contributed by atoms with Gasteiger partial charge >= 0.3 is 5.97 Å². The molecule has 2 aromatic rings. The Labute approximate surface area is 99.1 Å². The standard InChI is InChI=1S/C9H8N2O3S2/c1-4-5(3-12)7-11(10-4)6(8(13)14)9(15-2)16-7/h3H,1-2H3,(H,13,14). The molecular formula is C9H8N2O3S2. The second kappa shape index (κ2) is 3.91. The van der Waals surface area contributed by atoms with Crippen LogP contribution in [0.4, 0.5) is 0 Å². The van der Waals surface area contributed by atoms with E-state index in [0.717, 1.165) is 0 Å². The summed E-state index contributed by atoms with van der Waals surface area (Å²) in [4.78, 5) is 22.6. The number of thiazole rings is 1. The average molecular weight is 256 g/mol. The number of aryl methyl sites for hydroxylation is 1. The molecule has 2 rings (SSSR count). The minimum atomic E-state index is -1.03. The lowest BCUT2D eigenvalue weighted by molar-refractivity contribution is 0.0684. The number of carbonyl (C=O) groups is 2. The van der Waals surface area contributed by atoms with Gasteiger partial charge in [-0.25, -0.2) is 9.31 Å². The molecule has 0 amide bonds. The predicted octanol–water partition coefficient (Wildman–Crippen LogP) is 1.94. The maximum absolute atomic E-state index is 11.1. The van der Waals surface area contributed by atoms with Crippen molar-refractivity contribution in [1.29, 1.82) is 0 Å². The zero-order valence-corrected chi connectivity index (χ0v) is 10.2. The number of carboxylic acids is 1. The minimum Gasteiger partial charge on any atom is -0.476 e. The van der Waals surface area contributed by atoms with Crippen molar-refractivity contribution < 1.29 is 14.7 Å². The summed E-state index contributed by atoms with van der Waals surface area (Å²) < 4.78 is 1.98. The molecule has 0 radical (unpaired) electrons. The molecule has 0 saturated heterocycles. The molecule has 0 aliphatic rings. The number of nitrogens with zero attached hydrogens (tertiary/aromatic N) is 2. The van der Waals surface area contributed by atoms with Crippen LogP contribution in [0.15, 0.2) is 4.21 Å². The predicted molar refractivity (Wildman–Crippen MR) is 61.9 cm³/mol. The maximum atomic E-state index is 11.1. The zero-order valence-electron chi connectivity index (χ0n) is 8.55. The summed E-state index contributed by atoms with van der Waals surface area (Å²) in [6.07, 6.45) is 2.51. The van der Waals surface area contributed by atoms with Crippen molar-refractivity contribution in [2.24, 2.45) is 0 Å². The summed E-state index contributed by atoms with van der Waals surface area (Å²) >= 11 is 2.62. The number of thioether (sulfide) groups is 1. The first-order valence-corrected chi connectivity index (χ1v) is 6.38. The Hall–Kier alpha value is -1.34. The smallest absolute Gasteiger partial charge is 0.356 e. The average Bonchev–Trinajstić information content (AvgIpc) is 2.70. The first-order valence-electron chi connectivity index (χ1n) is 4.34. The monoisotopic (exact) mass is 256 g/mol. The van der Waals surface area contributed by atoms with Gasteiger partial charge in [0.1, 0.15) is 4.83 Å². The number of carboxylic acid groups (broad SMARTS) is 1. The minimum absolute atomic E-state index is 0.128. The highest BCUT2D eigenvalue weighted by Crippen LogP contribution is 2.33. The van der Waals surface area contributed by atoms with E-state index in [4.69, 9.17) is 5.11 Å². The molecule has 2 aromatic heterocycles. The molecule has 0 saturated carbocycles. The first-order chi connectivity index (χ1) is 7.60. The summed E-state index contributed by atoms with van der Waals surface area (Å²) in [6.45, 7) is 1.69. The molecule has 0 spiro atoms. The van der Waals surface area contributed by atoms with E-state index in [1.807, 2.05) is 0 Å². The van der Waals surface area contributed by atoms with Gasteiger partial charge in [0.05, 0.1) is 15.5 Å². The van der Waals surface area contributed by atoms with E-state index in [1.54, 1.807) is 13.2 Å². The second-order valence-electron chi connectivity index (χ2n) is 3.08. The Kier molecular flexibility index (Phi) is 2.73. The molecule has 0 aliphatic carbocycles. The zero-order chi connectivity index (χ0) is 11.9. The Bertz CT molecular complexity index is 585. The van der Waals surface area contributed by atoms with Crippen molar-refractivity contribution in [3.8, 4) is 0 Å². The number of fused-ring (bicyclic) bond motifs is 1. The van der Waals surface area contributed by atoms with Crippen molar-refractivity contribution in [3.63, 3.8) is 0 Å². The molecule has 1 N–H and O–H groups in total. The third-order valence-corrected chi connectivity index (χ3v) is 4.44. The van der Waals surface area contributed by atoms with Crippen LogP contribution in [0.3, 0.4) is 0 Å². The quantitative estimate of drug-likeness (QED) is 0.671. The second-order valence-corrected chi connectivity index (χ2v) is 5.16. The summed E-state index contributed by atoms with van der Waals surface area (Å²) in [6, 6.07) is 0. The molecule has 0 aliphatic heterocycles. The van der Waals surface area contributed by atoms with Crippen LogP contribution in [0.25, 0.3) is 4.83 Å². The number of hydrogen-bond donors (Lipinski definition) is 1. The van der Waals surface area contributed by atoms with Gasteiger partial charge < -0.3 is 5.11 Å². The molecular weight excluding hydrogens is 248 g/mol. The Morgan fingerprint density at radius 3 is 2.81 bits per heavy atom. The fourth-order valence-corrected chi connectivity index (χ4v) is 3.35. The molecule has 0 aromatic carbocycles. The molecule has 0 unspecified atom stereocenters. The number of aromatic carboxylic acids is 1. The van der Waals surface area contributed by atoms with Gasteiger partial charge in [0.25, 0.3) is 0 Å². The molecule has 16 heavy (non-hydrogen) atoms. The Balaban J connectivity index is 2.86. The van der Waals surface area contributed by atoms with Crippen LogP contribution >= 0.6 is 23.1 Å². The topological polar surface area (TPSA) is 71.7 Å². The molecule has 84 valence electrons. The molecule has 2 heterocycles. The largest absolute Gasteiger partial charge is 0.476 e. The fourth-order valence-electron chi connectivity index (χ4n) is 1.44. The fraction of sp³-hybridized carbons (Fsp3) is 0.222. The van der Waals surface area contributed by atoms with Crippen molar-refractivity contribution in [2.75, 3.05) is 6.26 Å². The number of carbonyl (C=O) groups excluding carboxylic acids is 1. The molecule has 5 nitrogen and oxygen atoms in total. The van der Waals surface area contributed by atoms with E-state index < -0.39 is 5.97 Å². The highest BCUT2D eigenvalue weighted by Gasteiger charge is 2.22. The van der Waals surface area contributed by atoms with E-state index in [9.17, 15) is 9.59 Å². The molecule has 7 heteroatoms. The van der Waals surface area contributed by atoms with Crippen LogP contribution in [0.1, 0.15) is 26.5 Å². The SMILES string of the molecule is CSc1sc2c(C=O)c(C)nn2c1C(=O)O. The van der Waals surface area contributed by atoms with Gasteiger partial charge in [-0.1, -0.05) is 0 Å². The summed E-state index contributed by atoms with van der Waals surface area (Å²) in [7, 11) is 0. The summed E-state index contributed by atoms with van der Waals surface area (Å²) in [5.41, 5.74) is 1.15. The molecule has 0 fully saturated rings. The van der Waals surface area contributed by atoms with Gasteiger partial charge in [-0.3, -0.25) is 4.79 Å². The van der Waals surface area contributed by atoms with Gasteiger partial charge in [-0.15, -0.1) is 23.1 Å². The number of aldehydes is 1. The lowest BCUT2D eigenvalue weighted by Crippen LogP contribution is -2.03. The van der Waals surface area contributed by atoms with Gasteiger partial charge in [-0.2, -0.15) is 5.10 Å². The van der Waals surface area contributed by atoms with E-state index >= 15 is 0 Å². The maximum Gasteiger partial charge on any atom is 0.356 e. The van der Waals surface area contributed by atoms with E-state index in [0.29, 0.717) is 26.6 Å². The number of hydrogen-bond acceptors (Lipinski definition) is 5.